The summed E-state index contributed by atoms with van der Waals surface area (Å²) in [5.41, 5.74) is 10.9. The molecule has 0 radical (unpaired) electrons. The smallest absolute Gasteiger partial charge is 0.255 e. The predicted octanol–water partition coefficient (Wildman–Crippen LogP) is -2.61. The second-order valence-electron chi connectivity index (χ2n) is 2.96. The third kappa shape index (κ3) is 1.00. The Kier molecular flexibility index (Phi) is 1.42. The van der Waals surface area contributed by atoms with Crippen molar-refractivity contribution in [1.82, 2.24) is 10.2 Å². The minimum atomic E-state index is -0.558. The van der Waals surface area contributed by atoms with Crippen molar-refractivity contribution >= 4 is 17.8 Å². The fraction of sp³-hybridized carbons (Fsp3) is 0.500. The van der Waals surface area contributed by atoms with E-state index in [0.717, 1.165) is 0 Å². The van der Waals surface area contributed by atoms with Crippen molar-refractivity contribution in [2.24, 2.45) is 21.5 Å². The molecule has 0 aliphatic carbocycles. The zero-order valence-corrected chi connectivity index (χ0v) is 7.06. The van der Waals surface area contributed by atoms with Crippen LogP contribution in [0.15, 0.2) is 9.98 Å². The van der Waals surface area contributed by atoms with Crippen LogP contribution in [0.5, 0.6) is 0 Å². The van der Waals surface area contributed by atoms with Crippen molar-refractivity contribution in [2.75, 3.05) is 7.05 Å². The number of nitrogens with zero attached hydrogens (tertiary/aromatic N) is 3. The van der Waals surface area contributed by atoms with E-state index in [4.69, 9.17) is 11.5 Å². The number of aliphatic imine (C=N–C) groups is 2. The molecule has 1 amide bonds. The maximum absolute atomic E-state index is 11.3. The first kappa shape index (κ1) is 7.84. The van der Waals surface area contributed by atoms with Crippen molar-refractivity contribution in [3.8, 4) is 0 Å². The van der Waals surface area contributed by atoms with Gasteiger partial charge in [-0.2, -0.15) is 0 Å². The van der Waals surface area contributed by atoms with E-state index in [-0.39, 0.29) is 18.0 Å². The van der Waals surface area contributed by atoms with Crippen molar-refractivity contribution in [1.29, 1.82) is 0 Å². The van der Waals surface area contributed by atoms with Crippen molar-refractivity contribution in [3.05, 3.63) is 0 Å². The van der Waals surface area contributed by atoms with Gasteiger partial charge in [0.1, 0.15) is 0 Å². The quantitative estimate of drug-likeness (QED) is 0.381. The van der Waals surface area contributed by atoms with Crippen molar-refractivity contribution in [3.63, 3.8) is 0 Å². The van der Waals surface area contributed by atoms with Crippen LogP contribution in [0.25, 0.3) is 0 Å². The summed E-state index contributed by atoms with van der Waals surface area (Å²) in [5, 5.41) is 2.39. The van der Waals surface area contributed by atoms with Gasteiger partial charge in [-0.25, -0.2) is 9.98 Å². The fourth-order valence-corrected chi connectivity index (χ4v) is 1.37. The molecule has 7 nitrogen and oxygen atoms in total. The molecule has 2 unspecified atom stereocenters. The molecule has 0 fully saturated rings. The summed E-state index contributed by atoms with van der Waals surface area (Å²) in [7, 11) is 1.72. The topological polar surface area (TPSA) is 109 Å². The van der Waals surface area contributed by atoms with E-state index >= 15 is 0 Å². The van der Waals surface area contributed by atoms with Crippen LogP contribution in [-0.2, 0) is 4.79 Å². The molecule has 0 saturated heterocycles. The maximum Gasteiger partial charge on any atom is 0.255 e. The lowest BCUT2D eigenvalue weighted by Gasteiger charge is -2.25. The van der Waals surface area contributed by atoms with Crippen molar-refractivity contribution < 1.29 is 4.79 Å². The Balaban J connectivity index is 2.36. The first-order valence-corrected chi connectivity index (χ1v) is 3.80. The molecular formula is C6H10N6O. The Labute approximate surface area is 74.5 Å². The molecule has 0 aromatic rings. The number of guanidine groups is 2. The van der Waals surface area contributed by atoms with E-state index in [2.05, 4.69) is 15.3 Å². The minimum absolute atomic E-state index is 0.114. The van der Waals surface area contributed by atoms with E-state index in [1.54, 1.807) is 11.9 Å². The molecule has 13 heavy (non-hydrogen) atoms. The molecule has 2 aliphatic heterocycles. The van der Waals surface area contributed by atoms with Crippen LogP contribution in [0.2, 0.25) is 0 Å². The molecule has 2 heterocycles. The molecule has 7 heteroatoms. The monoisotopic (exact) mass is 182 g/mol. The lowest BCUT2D eigenvalue weighted by molar-refractivity contribution is -0.122. The van der Waals surface area contributed by atoms with Gasteiger partial charge in [0.2, 0.25) is 0 Å². The molecule has 2 rings (SSSR count). The van der Waals surface area contributed by atoms with Gasteiger partial charge < -0.3 is 16.4 Å². The van der Waals surface area contributed by atoms with Crippen LogP contribution in [0.4, 0.5) is 0 Å². The Morgan fingerprint density at radius 3 is 2.85 bits per heavy atom. The van der Waals surface area contributed by atoms with E-state index < -0.39 is 6.04 Å². The van der Waals surface area contributed by atoms with Gasteiger partial charge in [0, 0.05) is 7.05 Å². The molecule has 0 spiro atoms. The van der Waals surface area contributed by atoms with Gasteiger partial charge >= 0.3 is 0 Å². The number of hydrogen-bond donors (Lipinski definition) is 3. The number of carbonyl (C=O) groups excluding carboxylic acids is 1. The standard InChI is InChI=1S/C6H10N6O/c1-12-3-2(9-6(12)8)4(13)11-5(7)10-3/h2-3H,1H3,(H2,8,9)(H3,7,10,11,13). The molecule has 0 aromatic carbocycles. The molecule has 0 saturated carbocycles. The Morgan fingerprint density at radius 1 is 1.46 bits per heavy atom. The highest BCUT2D eigenvalue weighted by molar-refractivity contribution is 6.03. The minimum Gasteiger partial charge on any atom is -0.370 e. The number of nitrogens with one attached hydrogen (secondary N) is 1. The Morgan fingerprint density at radius 2 is 2.15 bits per heavy atom. The van der Waals surface area contributed by atoms with Gasteiger partial charge in [-0.15, -0.1) is 0 Å². The highest BCUT2D eigenvalue weighted by atomic mass is 16.2. The van der Waals surface area contributed by atoms with Gasteiger partial charge in [0.15, 0.2) is 24.1 Å². The summed E-state index contributed by atoms with van der Waals surface area (Å²) in [6.45, 7) is 0. The molecule has 0 aromatic heterocycles. The van der Waals surface area contributed by atoms with Crippen LogP contribution in [0.3, 0.4) is 0 Å². The molecule has 2 atom stereocenters. The first-order valence-electron chi connectivity index (χ1n) is 3.80. The van der Waals surface area contributed by atoms with Gasteiger partial charge in [-0.1, -0.05) is 0 Å². The molecule has 5 N–H and O–H groups in total. The zero-order valence-electron chi connectivity index (χ0n) is 7.06. The van der Waals surface area contributed by atoms with E-state index in [1.165, 1.54) is 0 Å². The van der Waals surface area contributed by atoms with Crippen LogP contribution < -0.4 is 16.8 Å². The first-order chi connectivity index (χ1) is 6.09. The van der Waals surface area contributed by atoms with Crippen molar-refractivity contribution in [2.45, 2.75) is 12.2 Å². The lowest BCUT2D eigenvalue weighted by atomic mass is 10.2. The summed E-state index contributed by atoms with van der Waals surface area (Å²) in [6.07, 6.45) is -0.381. The largest absolute Gasteiger partial charge is 0.370 e. The number of carbonyl (C=O) groups is 1. The molecule has 70 valence electrons. The van der Waals surface area contributed by atoms with E-state index in [0.29, 0.717) is 5.96 Å². The average Bonchev–Trinajstić information content (AvgIpc) is 2.32. The molecular weight excluding hydrogens is 172 g/mol. The number of likely N-dealkylation sites (N-methyl/N-ethyl adjacent to an activating group) is 1. The second kappa shape index (κ2) is 2.35. The summed E-state index contributed by atoms with van der Waals surface area (Å²) < 4.78 is 0. The zero-order chi connectivity index (χ0) is 9.59. The van der Waals surface area contributed by atoms with Crippen LogP contribution in [-0.4, -0.2) is 42.0 Å². The third-order valence-electron chi connectivity index (χ3n) is 2.10. The Bertz CT molecular complexity index is 321. The SMILES string of the molecule is CN1C(N)=NC2C(=O)NC(N)=NC21. The van der Waals surface area contributed by atoms with Gasteiger partial charge in [-0.3, -0.25) is 10.1 Å². The summed E-state index contributed by atoms with van der Waals surface area (Å²) in [4.78, 5) is 20.9. The molecule has 0 bridgehead atoms. The normalized spacial score (nSPS) is 32.1. The van der Waals surface area contributed by atoms with Crippen LogP contribution in [0.1, 0.15) is 0 Å². The number of fused-ring (bicyclic) bond motifs is 1. The molecule has 2 aliphatic rings. The van der Waals surface area contributed by atoms with Crippen LogP contribution >= 0.6 is 0 Å². The third-order valence-corrected chi connectivity index (χ3v) is 2.10. The van der Waals surface area contributed by atoms with Gasteiger partial charge in [-0.05, 0) is 0 Å². The number of amides is 1. The predicted molar refractivity (Wildman–Crippen MR) is 46.7 cm³/mol. The number of hydrogen-bond acceptors (Lipinski definition) is 6. The summed E-state index contributed by atoms with van der Waals surface area (Å²) >= 11 is 0. The Hall–Kier alpha value is -1.79. The van der Waals surface area contributed by atoms with E-state index in [1.807, 2.05) is 0 Å². The highest BCUT2D eigenvalue weighted by Gasteiger charge is 2.40. The van der Waals surface area contributed by atoms with Gasteiger partial charge in [0.25, 0.3) is 5.91 Å². The fourth-order valence-electron chi connectivity index (χ4n) is 1.37. The number of rotatable bonds is 0. The number of nitrogens with two attached hydrogens (primary N) is 2. The average molecular weight is 182 g/mol. The lowest BCUT2D eigenvalue weighted by Crippen LogP contribution is -2.53. The van der Waals surface area contributed by atoms with E-state index in [9.17, 15) is 4.79 Å². The maximum atomic E-state index is 11.3. The summed E-state index contributed by atoms with van der Waals surface area (Å²) in [6, 6.07) is -0.558. The summed E-state index contributed by atoms with van der Waals surface area (Å²) in [5.74, 6) is 0.163. The van der Waals surface area contributed by atoms with Crippen LogP contribution in [0, 0.1) is 0 Å². The second-order valence-corrected chi connectivity index (χ2v) is 2.96. The highest BCUT2D eigenvalue weighted by Crippen LogP contribution is 2.17. The van der Waals surface area contributed by atoms with Gasteiger partial charge in [0.05, 0.1) is 0 Å².